The van der Waals surface area contributed by atoms with Crippen molar-refractivity contribution in [2.24, 2.45) is 0 Å². The summed E-state index contributed by atoms with van der Waals surface area (Å²) >= 11 is 5.84. The van der Waals surface area contributed by atoms with E-state index in [1.54, 1.807) is 31.3 Å². The van der Waals surface area contributed by atoms with Crippen LogP contribution in [0.2, 0.25) is 5.02 Å². The van der Waals surface area contributed by atoms with Crippen LogP contribution >= 0.6 is 11.6 Å². The molecule has 0 saturated carbocycles. The second kappa shape index (κ2) is 9.10. The number of hydrogen-bond acceptors (Lipinski definition) is 5. The summed E-state index contributed by atoms with van der Waals surface area (Å²) in [5, 5.41) is 0.630. The summed E-state index contributed by atoms with van der Waals surface area (Å²) in [7, 11) is 4.59. The quantitative estimate of drug-likeness (QED) is 0.693. The molecule has 7 heteroatoms. The van der Waals surface area contributed by atoms with E-state index in [1.807, 2.05) is 12.1 Å². The average molecular weight is 378 g/mol. The molecule has 0 spiro atoms. The van der Waals surface area contributed by atoms with Gasteiger partial charge < -0.3 is 19.1 Å². The number of methoxy groups -OCH3 is 2. The molecular weight excluding hydrogens is 358 g/mol. The van der Waals surface area contributed by atoms with Crippen LogP contribution < -0.4 is 9.47 Å². The van der Waals surface area contributed by atoms with Gasteiger partial charge in [-0.2, -0.15) is 0 Å². The fourth-order valence-corrected chi connectivity index (χ4v) is 2.36. The first kappa shape index (κ1) is 19.6. The fraction of sp³-hybridized carbons (Fsp3) is 0.263. The molecule has 0 atom stereocenters. The topological polar surface area (TPSA) is 65.1 Å². The first-order valence-corrected chi connectivity index (χ1v) is 8.20. The molecule has 26 heavy (non-hydrogen) atoms. The molecule has 0 radical (unpaired) electrons. The van der Waals surface area contributed by atoms with Gasteiger partial charge in [0.25, 0.3) is 5.91 Å². The van der Waals surface area contributed by atoms with Crippen molar-refractivity contribution >= 4 is 23.5 Å². The maximum absolute atomic E-state index is 12.2. The van der Waals surface area contributed by atoms with Gasteiger partial charge in [-0.25, -0.2) is 4.79 Å². The number of benzene rings is 2. The summed E-state index contributed by atoms with van der Waals surface area (Å²) in [6.45, 7) is 0.0253. The van der Waals surface area contributed by atoms with E-state index in [1.165, 1.54) is 25.2 Å². The standard InChI is InChI=1S/C19H20ClNO5/c1-21(11-13-4-6-14(20)7-5-13)18(22)12-26-19(23)16-9-8-15(24-2)10-17(16)25-3/h4-10H,11-12H2,1-3H3. The number of ether oxygens (including phenoxy) is 3. The van der Waals surface area contributed by atoms with E-state index in [4.69, 9.17) is 25.8 Å². The lowest BCUT2D eigenvalue weighted by Crippen LogP contribution is -2.30. The van der Waals surface area contributed by atoms with Crippen LogP contribution in [0.25, 0.3) is 0 Å². The van der Waals surface area contributed by atoms with Gasteiger partial charge in [-0.3, -0.25) is 4.79 Å². The van der Waals surface area contributed by atoms with E-state index < -0.39 is 5.97 Å². The van der Waals surface area contributed by atoms with Gasteiger partial charge in [-0.1, -0.05) is 23.7 Å². The van der Waals surface area contributed by atoms with Crippen molar-refractivity contribution in [3.05, 3.63) is 58.6 Å². The Labute approximate surface area is 157 Å². The minimum absolute atomic E-state index is 0.224. The van der Waals surface area contributed by atoms with E-state index in [0.29, 0.717) is 23.1 Å². The zero-order valence-corrected chi connectivity index (χ0v) is 15.6. The van der Waals surface area contributed by atoms with Gasteiger partial charge in [-0.05, 0) is 29.8 Å². The van der Waals surface area contributed by atoms with Crippen LogP contribution in [-0.2, 0) is 16.1 Å². The Morgan fingerprint density at radius 3 is 2.35 bits per heavy atom. The van der Waals surface area contributed by atoms with Gasteiger partial charge in [0.05, 0.1) is 14.2 Å². The average Bonchev–Trinajstić information content (AvgIpc) is 2.66. The zero-order chi connectivity index (χ0) is 19.1. The highest BCUT2D eigenvalue weighted by molar-refractivity contribution is 6.30. The number of rotatable bonds is 7. The van der Waals surface area contributed by atoms with Crippen molar-refractivity contribution in [2.75, 3.05) is 27.9 Å². The fourth-order valence-electron chi connectivity index (χ4n) is 2.23. The Kier molecular flexibility index (Phi) is 6.86. The maximum Gasteiger partial charge on any atom is 0.342 e. The number of halogens is 1. The minimum Gasteiger partial charge on any atom is -0.497 e. The van der Waals surface area contributed by atoms with Crippen molar-refractivity contribution in [2.45, 2.75) is 6.54 Å². The van der Waals surface area contributed by atoms with Crippen LogP contribution in [0.5, 0.6) is 11.5 Å². The maximum atomic E-state index is 12.2. The molecule has 0 aliphatic carbocycles. The Morgan fingerprint density at radius 1 is 1.04 bits per heavy atom. The molecule has 2 aromatic rings. The lowest BCUT2D eigenvalue weighted by atomic mass is 10.2. The molecule has 2 aromatic carbocycles. The largest absolute Gasteiger partial charge is 0.497 e. The Hall–Kier alpha value is -2.73. The van der Waals surface area contributed by atoms with E-state index in [0.717, 1.165) is 5.56 Å². The first-order chi connectivity index (χ1) is 12.4. The molecule has 0 saturated heterocycles. The summed E-state index contributed by atoms with van der Waals surface area (Å²) in [5.74, 6) is -0.0907. The van der Waals surface area contributed by atoms with Crippen LogP contribution in [0.15, 0.2) is 42.5 Å². The smallest absolute Gasteiger partial charge is 0.342 e. The Morgan fingerprint density at radius 2 is 1.73 bits per heavy atom. The Balaban J connectivity index is 1.93. The molecule has 0 N–H and O–H groups in total. The summed E-state index contributed by atoms with van der Waals surface area (Å²) in [5.41, 5.74) is 1.15. The first-order valence-electron chi connectivity index (χ1n) is 7.82. The summed E-state index contributed by atoms with van der Waals surface area (Å²) in [6, 6.07) is 11.9. The number of likely N-dealkylation sites (N-methyl/N-ethyl adjacent to an activating group) is 1. The van der Waals surface area contributed by atoms with Gasteiger partial charge >= 0.3 is 5.97 Å². The molecule has 0 unspecified atom stereocenters. The van der Waals surface area contributed by atoms with E-state index in [9.17, 15) is 9.59 Å². The highest BCUT2D eigenvalue weighted by Gasteiger charge is 2.17. The van der Waals surface area contributed by atoms with E-state index >= 15 is 0 Å². The van der Waals surface area contributed by atoms with Crippen LogP contribution in [0, 0.1) is 0 Å². The number of carbonyl (C=O) groups excluding carboxylic acids is 2. The summed E-state index contributed by atoms with van der Waals surface area (Å²) in [4.78, 5) is 25.9. The van der Waals surface area contributed by atoms with Gasteiger partial charge in [-0.15, -0.1) is 0 Å². The lowest BCUT2D eigenvalue weighted by molar-refractivity contribution is -0.133. The van der Waals surface area contributed by atoms with Gasteiger partial charge in [0.1, 0.15) is 17.1 Å². The van der Waals surface area contributed by atoms with Crippen molar-refractivity contribution in [3.63, 3.8) is 0 Å². The molecule has 6 nitrogen and oxygen atoms in total. The minimum atomic E-state index is -0.641. The summed E-state index contributed by atoms with van der Waals surface area (Å²) in [6.07, 6.45) is 0. The molecule has 0 aliphatic rings. The normalized spacial score (nSPS) is 10.2. The van der Waals surface area contributed by atoms with Gasteiger partial charge in [0.2, 0.25) is 0 Å². The third-order valence-electron chi connectivity index (χ3n) is 3.71. The number of hydrogen-bond donors (Lipinski definition) is 0. The number of esters is 1. The van der Waals surface area contributed by atoms with Crippen molar-refractivity contribution in [3.8, 4) is 11.5 Å². The molecular formula is C19H20ClNO5. The molecule has 0 bridgehead atoms. The monoisotopic (exact) mass is 377 g/mol. The molecule has 0 aliphatic heterocycles. The molecule has 0 fully saturated rings. The van der Waals surface area contributed by atoms with Crippen molar-refractivity contribution in [1.29, 1.82) is 0 Å². The highest BCUT2D eigenvalue weighted by Crippen LogP contribution is 2.25. The predicted molar refractivity (Wildman–Crippen MR) is 97.8 cm³/mol. The van der Waals surface area contributed by atoms with Crippen LogP contribution in [0.3, 0.4) is 0 Å². The van der Waals surface area contributed by atoms with Gasteiger partial charge in [0.15, 0.2) is 6.61 Å². The third-order valence-corrected chi connectivity index (χ3v) is 3.97. The molecule has 138 valence electrons. The van der Waals surface area contributed by atoms with Crippen molar-refractivity contribution in [1.82, 2.24) is 4.90 Å². The molecule has 0 heterocycles. The predicted octanol–water partition coefficient (Wildman–Crippen LogP) is 3.17. The van der Waals surface area contributed by atoms with Crippen LogP contribution in [-0.4, -0.2) is 44.7 Å². The van der Waals surface area contributed by atoms with Gasteiger partial charge in [0, 0.05) is 24.7 Å². The molecule has 0 aromatic heterocycles. The van der Waals surface area contributed by atoms with Crippen LogP contribution in [0.1, 0.15) is 15.9 Å². The Bertz CT molecular complexity index is 776. The van der Waals surface area contributed by atoms with E-state index in [-0.39, 0.29) is 18.1 Å². The SMILES string of the molecule is COc1ccc(C(=O)OCC(=O)N(C)Cc2ccc(Cl)cc2)c(OC)c1. The lowest BCUT2D eigenvalue weighted by Gasteiger charge is -2.17. The summed E-state index contributed by atoms with van der Waals surface area (Å²) < 4.78 is 15.4. The van der Waals surface area contributed by atoms with E-state index in [2.05, 4.69) is 0 Å². The second-order valence-corrected chi connectivity index (χ2v) is 5.96. The molecule has 1 amide bonds. The second-order valence-electron chi connectivity index (χ2n) is 5.52. The van der Waals surface area contributed by atoms with Crippen molar-refractivity contribution < 1.29 is 23.8 Å². The number of nitrogens with zero attached hydrogens (tertiary/aromatic N) is 1. The zero-order valence-electron chi connectivity index (χ0n) is 14.8. The highest BCUT2D eigenvalue weighted by atomic mass is 35.5. The third kappa shape index (κ3) is 5.13. The molecule has 2 rings (SSSR count). The number of carbonyl (C=O) groups is 2. The number of amides is 1. The van der Waals surface area contributed by atoms with Crippen LogP contribution in [0.4, 0.5) is 0 Å².